The van der Waals surface area contributed by atoms with Crippen molar-refractivity contribution in [1.29, 1.82) is 0 Å². The van der Waals surface area contributed by atoms with Gasteiger partial charge in [-0.2, -0.15) is 0 Å². The van der Waals surface area contributed by atoms with Gasteiger partial charge in [0, 0.05) is 68.5 Å². The van der Waals surface area contributed by atoms with Crippen molar-refractivity contribution >= 4 is 17.2 Å². The molecule has 7 heteroatoms. The highest BCUT2D eigenvalue weighted by molar-refractivity contribution is 6.04. The number of amides is 1. The van der Waals surface area contributed by atoms with Crippen molar-refractivity contribution in [2.75, 3.05) is 38.0 Å². The van der Waals surface area contributed by atoms with E-state index < -0.39 is 0 Å². The van der Waals surface area contributed by atoms with Gasteiger partial charge < -0.3 is 5.32 Å². The summed E-state index contributed by atoms with van der Waals surface area (Å²) in [5, 5.41) is 2.99. The molecule has 0 atom stereocenters. The van der Waals surface area contributed by atoms with E-state index in [1.54, 1.807) is 30.7 Å². The van der Waals surface area contributed by atoms with Gasteiger partial charge in [-0.3, -0.25) is 24.0 Å². The average molecular weight is 477 g/mol. The molecule has 1 saturated heterocycles. The maximum atomic E-state index is 12.9. The summed E-state index contributed by atoms with van der Waals surface area (Å²) in [5.74, 6) is 6.10. The highest BCUT2D eigenvalue weighted by Crippen LogP contribution is 2.15. The van der Waals surface area contributed by atoms with E-state index in [0.29, 0.717) is 5.56 Å². The lowest BCUT2D eigenvalue weighted by molar-refractivity contribution is 0.102. The SMILES string of the molecule is C=CCN1CCN(Cc2ccc(NC(=O)c3cccc(C#Cc4cnc5cnccn45)c3)cc2)CC1. The molecule has 5 rings (SSSR count). The van der Waals surface area contributed by atoms with Gasteiger partial charge in [-0.05, 0) is 41.8 Å². The van der Waals surface area contributed by atoms with E-state index in [1.807, 2.05) is 40.9 Å². The van der Waals surface area contributed by atoms with Crippen LogP contribution in [0.2, 0.25) is 0 Å². The maximum absolute atomic E-state index is 12.9. The summed E-state index contributed by atoms with van der Waals surface area (Å²) in [6.45, 7) is 9.95. The summed E-state index contributed by atoms with van der Waals surface area (Å²) in [4.78, 5) is 26.1. The van der Waals surface area contributed by atoms with Gasteiger partial charge in [0.05, 0.1) is 12.4 Å². The Morgan fingerprint density at radius 2 is 1.83 bits per heavy atom. The predicted octanol–water partition coefficient (Wildman–Crippen LogP) is 3.69. The number of anilines is 1. The summed E-state index contributed by atoms with van der Waals surface area (Å²) in [6, 6.07) is 15.4. The van der Waals surface area contributed by atoms with Crippen LogP contribution >= 0.6 is 0 Å². The Morgan fingerprint density at radius 3 is 2.64 bits per heavy atom. The quantitative estimate of drug-likeness (QED) is 0.340. The summed E-state index contributed by atoms with van der Waals surface area (Å²) < 4.78 is 1.88. The Bertz CT molecular complexity index is 1420. The molecule has 0 bridgehead atoms. The second kappa shape index (κ2) is 11.0. The summed E-state index contributed by atoms with van der Waals surface area (Å²) in [7, 11) is 0. The predicted molar refractivity (Wildman–Crippen MR) is 142 cm³/mol. The van der Waals surface area contributed by atoms with Gasteiger partial charge in [-0.1, -0.05) is 30.2 Å². The van der Waals surface area contributed by atoms with Crippen LogP contribution in [0.5, 0.6) is 0 Å². The number of aromatic nitrogens is 3. The number of imidazole rings is 1. The van der Waals surface area contributed by atoms with E-state index in [-0.39, 0.29) is 5.91 Å². The number of carbonyl (C=O) groups is 1. The highest BCUT2D eigenvalue weighted by Gasteiger charge is 2.16. The van der Waals surface area contributed by atoms with Crippen LogP contribution in [0.1, 0.15) is 27.2 Å². The van der Waals surface area contributed by atoms with Gasteiger partial charge >= 0.3 is 0 Å². The standard InChI is InChI=1S/C29H28N6O/c1-2-13-33-15-17-34(18-16-33)22-24-6-9-26(10-7-24)32-29(36)25-5-3-4-23(19-25)8-11-27-20-31-28-21-30-12-14-35(27)28/h2-7,9-10,12,14,19-21H,1,13,15-18,22H2,(H,32,36). The first kappa shape index (κ1) is 23.5. The Balaban J connectivity index is 1.19. The first-order valence-electron chi connectivity index (χ1n) is 12.0. The molecule has 0 spiro atoms. The van der Waals surface area contributed by atoms with Crippen molar-refractivity contribution in [3.63, 3.8) is 0 Å². The molecular weight excluding hydrogens is 448 g/mol. The summed E-state index contributed by atoms with van der Waals surface area (Å²) in [5.41, 5.74) is 4.84. The fraction of sp³-hybridized carbons (Fsp3) is 0.207. The van der Waals surface area contributed by atoms with Crippen LogP contribution in [-0.4, -0.2) is 62.8 Å². The molecule has 0 unspecified atom stereocenters. The van der Waals surface area contributed by atoms with Crippen molar-refractivity contribution in [3.8, 4) is 11.8 Å². The lowest BCUT2D eigenvalue weighted by Gasteiger charge is -2.34. The normalized spacial score (nSPS) is 14.2. The molecule has 180 valence electrons. The molecular formula is C29H28N6O. The van der Waals surface area contributed by atoms with Crippen molar-refractivity contribution in [2.45, 2.75) is 6.54 Å². The molecule has 1 N–H and O–H groups in total. The van der Waals surface area contributed by atoms with Crippen LogP contribution in [0.15, 0.2) is 86.0 Å². The van der Waals surface area contributed by atoms with E-state index in [9.17, 15) is 4.79 Å². The molecule has 7 nitrogen and oxygen atoms in total. The number of hydrogen-bond acceptors (Lipinski definition) is 5. The van der Waals surface area contributed by atoms with Crippen LogP contribution in [0.25, 0.3) is 5.65 Å². The average Bonchev–Trinajstić information content (AvgIpc) is 3.33. The third-order valence-electron chi connectivity index (χ3n) is 6.25. The molecule has 2 aromatic carbocycles. The molecule has 1 aliphatic rings. The van der Waals surface area contributed by atoms with E-state index >= 15 is 0 Å². The molecule has 1 fully saturated rings. The van der Waals surface area contributed by atoms with E-state index in [0.717, 1.165) is 61.9 Å². The molecule has 4 aromatic rings. The fourth-order valence-electron chi connectivity index (χ4n) is 4.28. The fourth-order valence-corrected chi connectivity index (χ4v) is 4.28. The molecule has 3 heterocycles. The summed E-state index contributed by atoms with van der Waals surface area (Å²) in [6.07, 6.45) is 8.89. The van der Waals surface area contributed by atoms with E-state index in [4.69, 9.17) is 0 Å². The van der Waals surface area contributed by atoms with Crippen molar-refractivity contribution in [3.05, 3.63) is 108 Å². The van der Waals surface area contributed by atoms with Gasteiger partial charge in [0.15, 0.2) is 5.65 Å². The topological polar surface area (TPSA) is 65.8 Å². The zero-order valence-corrected chi connectivity index (χ0v) is 20.1. The number of nitrogens with zero attached hydrogens (tertiary/aromatic N) is 5. The minimum Gasteiger partial charge on any atom is -0.322 e. The van der Waals surface area contributed by atoms with Crippen molar-refractivity contribution in [2.24, 2.45) is 0 Å². The largest absolute Gasteiger partial charge is 0.322 e. The van der Waals surface area contributed by atoms with Crippen LogP contribution in [0.3, 0.4) is 0 Å². The van der Waals surface area contributed by atoms with Crippen molar-refractivity contribution < 1.29 is 4.79 Å². The van der Waals surface area contributed by atoms with Gasteiger partial charge in [0.2, 0.25) is 0 Å². The maximum Gasteiger partial charge on any atom is 0.255 e. The summed E-state index contributed by atoms with van der Waals surface area (Å²) >= 11 is 0. The minimum absolute atomic E-state index is 0.161. The van der Waals surface area contributed by atoms with E-state index in [1.165, 1.54) is 5.56 Å². The first-order chi connectivity index (χ1) is 17.7. The third kappa shape index (κ3) is 5.69. The van der Waals surface area contributed by atoms with Crippen LogP contribution < -0.4 is 5.32 Å². The molecule has 0 saturated carbocycles. The highest BCUT2D eigenvalue weighted by atomic mass is 16.1. The van der Waals surface area contributed by atoms with E-state index in [2.05, 4.69) is 55.6 Å². The second-order valence-electron chi connectivity index (χ2n) is 8.80. The Hall–Kier alpha value is -4.25. The van der Waals surface area contributed by atoms with Crippen molar-refractivity contribution in [1.82, 2.24) is 24.2 Å². The van der Waals surface area contributed by atoms with Crippen LogP contribution in [-0.2, 0) is 6.54 Å². The number of hydrogen-bond donors (Lipinski definition) is 1. The van der Waals surface area contributed by atoms with Gasteiger partial charge in [-0.25, -0.2) is 4.98 Å². The zero-order valence-electron chi connectivity index (χ0n) is 20.1. The monoisotopic (exact) mass is 476 g/mol. The minimum atomic E-state index is -0.161. The number of benzene rings is 2. The van der Waals surface area contributed by atoms with Crippen LogP contribution in [0.4, 0.5) is 5.69 Å². The number of piperazine rings is 1. The number of fused-ring (bicyclic) bond motifs is 1. The zero-order chi connectivity index (χ0) is 24.7. The number of rotatable bonds is 6. The molecule has 1 amide bonds. The second-order valence-corrected chi connectivity index (χ2v) is 8.80. The van der Waals surface area contributed by atoms with Gasteiger partial charge in [-0.15, -0.1) is 6.58 Å². The van der Waals surface area contributed by atoms with Crippen LogP contribution in [0, 0.1) is 11.8 Å². The Morgan fingerprint density at radius 1 is 1.03 bits per heavy atom. The lowest BCUT2D eigenvalue weighted by Crippen LogP contribution is -2.45. The van der Waals surface area contributed by atoms with Gasteiger partial charge in [0.25, 0.3) is 5.91 Å². The molecule has 0 aliphatic carbocycles. The number of carbonyl (C=O) groups excluding carboxylic acids is 1. The molecule has 1 aliphatic heterocycles. The molecule has 2 aromatic heterocycles. The lowest BCUT2D eigenvalue weighted by atomic mass is 10.1. The molecule has 36 heavy (non-hydrogen) atoms. The first-order valence-corrected chi connectivity index (χ1v) is 12.0. The third-order valence-corrected chi connectivity index (χ3v) is 6.25. The van der Waals surface area contributed by atoms with Gasteiger partial charge in [0.1, 0.15) is 5.69 Å². The smallest absolute Gasteiger partial charge is 0.255 e. The number of nitrogens with one attached hydrogen (secondary N) is 1. The Labute approximate surface area is 211 Å². The Kier molecular flexibility index (Phi) is 7.17. The molecule has 0 radical (unpaired) electrons.